The van der Waals surface area contributed by atoms with E-state index in [2.05, 4.69) is 53.6 Å². The van der Waals surface area contributed by atoms with E-state index in [4.69, 9.17) is 4.74 Å². The van der Waals surface area contributed by atoms with Crippen molar-refractivity contribution in [1.82, 2.24) is 14.8 Å². The van der Waals surface area contributed by atoms with E-state index in [1.807, 2.05) is 53.1 Å². The summed E-state index contributed by atoms with van der Waals surface area (Å²) in [6, 6.07) is 24.0. The van der Waals surface area contributed by atoms with Crippen LogP contribution in [0.25, 0.3) is 17.1 Å². The number of amides is 1. The van der Waals surface area contributed by atoms with Crippen LogP contribution in [0, 0.1) is 6.92 Å². The van der Waals surface area contributed by atoms with Crippen molar-refractivity contribution in [2.45, 2.75) is 38.3 Å². The van der Waals surface area contributed by atoms with E-state index in [0.29, 0.717) is 5.16 Å². The molecule has 0 aliphatic rings. The standard InChI is InChI=1S/C28H30N4O2S/c1-4-5-6-21-9-13-23(14-10-21)29-26(33)19-35-28-31-30-27(22-11-7-20(2)8-12-22)32(28)24-15-17-25(34-3)18-16-24/h7-18H,4-6,19H2,1-3H3,(H,29,33). The Morgan fingerprint density at radius 3 is 2.34 bits per heavy atom. The summed E-state index contributed by atoms with van der Waals surface area (Å²) >= 11 is 1.36. The summed E-state index contributed by atoms with van der Waals surface area (Å²) in [6.07, 6.45) is 3.40. The number of thioether (sulfide) groups is 1. The van der Waals surface area contributed by atoms with Gasteiger partial charge in [-0.3, -0.25) is 9.36 Å². The number of aryl methyl sites for hydroxylation is 2. The van der Waals surface area contributed by atoms with Crippen LogP contribution in [0.15, 0.2) is 78.0 Å². The monoisotopic (exact) mass is 486 g/mol. The maximum Gasteiger partial charge on any atom is 0.234 e. The molecular weight excluding hydrogens is 456 g/mol. The minimum absolute atomic E-state index is 0.0857. The van der Waals surface area contributed by atoms with Gasteiger partial charge in [0.25, 0.3) is 0 Å². The van der Waals surface area contributed by atoms with Crippen LogP contribution >= 0.6 is 11.8 Å². The average Bonchev–Trinajstić information content (AvgIpc) is 3.31. The molecule has 0 unspecified atom stereocenters. The third kappa shape index (κ3) is 6.31. The van der Waals surface area contributed by atoms with Gasteiger partial charge in [-0.05, 0) is 61.7 Å². The molecule has 3 aromatic carbocycles. The highest BCUT2D eigenvalue weighted by Gasteiger charge is 2.17. The Labute approximate surface area is 210 Å². The zero-order chi connectivity index (χ0) is 24.6. The van der Waals surface area contributed by atoms with E-state index < -0.39 is 0 Å². The molecule has 0 aliphatic carbocycles. The molecule has 0 bridgehead atoms. The van der Waals surface area contributed by atoms with Crippen LogP contribution in [0.4, 0.5) is 5.69 Å². The number of rotatable bonds is 10. The number of unbranched alkanes of at least 4 members (excludes halogenated alkanes) is 1. The summed E-state index contributed by atoms with van der Waals surface area (Å²) in [4.78, 5) is 12.7. The number of hydrogen-bond donors (Lipinski definition) is 1. The summed E-state index contributed by atoms with van der Waals surface area (Å²) in [7, 11) is 1.64. The highest BCUT2D eigenvalue weighted by molar-refractivity contribution is 7.99. The van der Waals surface area contributed by atoms with Gasteiger partial charge in [0.1, 0.15) is 5.75 Å². The number of methoxy groups -OCH3 is 1. The van der Waals surface area contributed by atoms with Gasteiger partial charge in [-0.2, -0.15) is 0 Å². The largest absolute Gasteiger partial charge is 0.497 e. The molecule has 0 atom stereocenters. The third-order valence-electron chi connectivity index (χ3n) is 5.66. The average molecular weight is 487 g/mol. The molecule has 1 aromatic heterocycles. The van der Waals surface area contributed by atoms with Crippen molar-refractivity contribution in [3.05, 3.63) is 83.9 Å². The van der Waals surface area contributed by atoms with Gasteiger partial charge in [0, 0.05) is 16.9 Å². The van der Waals surface area contributed by atoms with Crippen molar-refractivity contribution in [3.63, 3.8) is 0 Å². The molecule has 1 N–H and O–H groups in total. The zero-order valence-electron chi connectivity index (χ0n) is 20.3. The van der Waals surface area contributed by atoms with Crippen LogP contribution in [0.2, 0.25) is 0 Å². The third-order valence-corrected chi connectivity index (χ3v) is 6.59. The van der Waals surface area contributed by atoms with Crippen LogP contribution in [0.1, 0.15) is 30.9 Å². The van der Waals surface area contributed by atoms with E-state index in [9.17, 15) is 4.79 Å². The zero-order valence-corrected chi connectivity index (χ0v) is 21.1. The summed E-state index contributed by atoms with van der Waals surface area (Å²) in [5, 5.41) is 12.5. The smallest absolute Gasteiger partial charge is 0.234 e. The lowest BCUT2D eigenvalue weighted by Gasteiger charge is -2.11. The quantitative estimate of drug-likeness (QED) is 0.266. The highest BCUT2D eigenvalue weighted by Crippen LogP contribution is 2.29. The predicted molar refractivity (Wildman–Crippen MR) is 142 cm³/mol. The number of ether oxygens (including phenoxy) is 1. The molecule has 4 aromatic rings. The Hall–Kier alpha value is -3.58. The Kier molecular flexibility index (Phi) is 8.21. The number of aromatic nitrogens is 3. The highest BCUT2D eigenvalue weighted by atomic mass is 32.2. The van der Waals surface area contributed by atoms with Crippen LogP contribution in [0.5, 0.6) is 5.75 Å². The number of carbonyl (C=O) groups excluding carboxylic acids is 1. The second kappa shape index (κ2) is 11.7. The Balaban J connectivity index is 1.51. The van der Waals surface area contributed by atoms with Gasteiger partial charge in [0.05, 0.1) is 12.9 Å². The first-order valence-corrected chi connectivity index (χ1v) is 12.7. The van der Waals surface area contributed by atoms with Crippen LogP contribution in [-0.2, 0) is 11.2 Å². The number of carbonyl (C=O) groups is 1. The van der Waals surface area contributed by atoms with Gasteiger partial charge in [-0.1, -0.05) is 67.1 Å². The first-order chi connectivity index (χ1) is 17.1. The Morgan fingerprint density at radius 1 is 0.971 bits per heavy atom. The molecular formula is C28H30N4O2S. The van der Waals surface area contributed by atoms with Gasteiger partial charge in [-0.25, -0.2) is 0 Å². The fraction of sp³-hybridized carbons (Fsp3) is 0.250. The number of nitrogens with zero attached hydrogens (tertiary/aromatic N) is 3. The van der Waals surface area contributed by atoms with Crippen molar-refractivity contribution in [2.24, 2.45) is 0 Å². The van der Waals surface area contributed by atoms with E-state index in [0.717, 1.165) is 34.9 Å². The molecule has 0 spiro atoms. The molecule has 180 valence electrons. The van der Waals surface area contributed by atoms with Crippen molar-refractivity contribution in [1.29, 1.82) is 0 Å². The van der Waals surface area contributed by atoms with Gasteiger partial charge in [-0.15, -0.1) is 10.2 Å². The van der Waals surface area contributed by atoms with Gasteiger partial charge in [0.2, 0.25) is 5.91 Å². The second-order valence-corrected chi connectivity index (χ2v) is 9.29. The second-order valence-electron chi connectivity index (χ2n) is 8.34. The molecule has 4 rings (SSSR count). The number of hydrogen-bond acceptors (Lipinski definition) is 5. The van der Waals surface area contributed by atoms with Crippen molar-refractivity contribution < 1.29 is 9.53 Å². The number of anilines is 1. The number of benzene rings is 3. The minimum atomic E-state index is -0.0857. The van der Waals surface area contributed by atoms with E-state index in [1.165, 1.54) is 35.7 Å². The Morgan fingerprint density at radius 2 is 1.69 bits per heavy atom. The van der Waals surface area contributed by atoms with Gasteiger partial charge >= 0.3 is 0 Å². The minimum Gasteiger partial charge on any atom is -0.497 e. The predicted octanol–water partition coefficient (Wildman–Crippen LogP) is 6.32. The summed E-state index contributed by atoms with van der Waals surface area (Å²) in [5.41, 5.74) is 5.12. The van der Waals surface area contributed by atoms with Gasteiger partial charge < -0.3 is 10.1 Å². The SMILES string of the molecule is CCCCc1ccc(NC(=O)CSc2nnc(-c3ccc(C)cc3)n2-c2ccc(OC)cc2)cc1. The molecule has 7 heteroatoms. The normalized spacial score (nSPS) is 10.8. The lowest BCUT2D eigenvalue weighted by atomic mass is 10.1. The van der Waals surface area contributed by atoms with Crippen LogP contribution in [0.3, 0.4) is 0 Å². The number of nitrogens with one attached hydrogen (secondary N) is 1. The van der Waals surface area contributed by atoms with Gasteiger partial charge in [0.15, 0.2) is 11.0 Å². The van der Waals surface area contributed by atoms with E-state index >= 15 is 0 Å². The molecule has 0 saturated carbocycles. The molecule has 1 amide bonds. The maximum atomic E-state index is 12.7. The lowest BCUT2D eigenvalue weighted by Crippen LogP contribution is -2.14. The summed E-state index contributed by atoms with van der Waals surface area (Å²) in [6.45, 7) is 4.24. The molecule has 0 saturated heterocycles. The van der Waals surface area contributed by atoms with Crippen LogP contribution < -0.4 is 10.1 Å². The maximum absolute atomic E-state index is 12.7. The van der Waals surface area contributed by atoms with E-state index in [-0.39, 0.29) is 11.7 Å². The fourth-order valence-electron chi connectivity index (χ4n) is 3.68. The summed E-state index contributed by atoms with van der Waals surface area (Å²) in [5.74, 6) is 1.63. The molecule has 35 heavy (non-hydrogen) atoms. The summed E-state index contributed by atoms with van der Waals surface area (Å²) < 4.78 is 7.29. The molecule has 0 fully saturated rings. The fourth-order valence-corrected chi connectivity index (χ4v) is 4.43. The van der Waals surface area contributed by atoms with Crippen LogP contribution in [-0.4, -0.2) is 33.5 Å². The van der Waals surface area contributed by atoms with Crippen molar-refractivity contribution in [2.75, 3.05) is 18.2 Å². The first kappa shape index (κ1) is 24.5. The Bertz CT molecular complexity index is 1250. The molecule has 6 nitrogen and oxygen atoms in total. The van der Waals surface area contributed by atoms with E-state index in [1.54, 1.807) is 7.11 Å². The molecule has 0 aliphatic heterocycles. The lowest BCUT2D eigenvalue weighted by molar-refractivity contribution is -0.113. The van der Waals surface area contributed by atoms with Crippen molar-refractivity contribution >= 4 is 23.4 Å². The first-order valence-electron chi connectivity index (χ1n) is 11.8. The topological polar surface area (TPSA) is 69.0 Å². The molecule has 1 heterocycles. The molecule has 0 radical (unpaired) electrons. The van der Waals surface area contributed by atoms with Crippen molar-refractivity contribution in [3.8, 4) is 22.8 Å².